The minimum absolute atomic E-state index is 0.125. The first-order valence-electron chi connectivity index (χ1n) is 9.06. The van der Waals surface area contributed by atoms with Gasteiger partial charge in [-0.15, -0.1) is 0 Å². The van der Waals surface area contributed by atoms with Crippen LogP contribution in [-0.4, -0.2) is 25.5 Å². The van der Waals surface area contributed by atoms with Crippen LogP contribution in [0.15, 0.2) is 72.8 Å². The molecule has 0 saturated carbocycles. The van der Waals surface area contributed by atoms with Crippen LogP contribution in [0.5, 0.6) is 5.75 Å². The number of ether oxygens (including phenoxy) is 1. The molecule has 0 fully saturated rings. The third kappa shape index (κ3) is 5.36. The summed E-state index contributed by atoms with van der Waals surface area (Å²) in [7, 11) is 1.73. The summed E-state index contributed by atoms with van der Waals surface area (Å²) >= 11 is 5.91. The highest BCUT2D eigenvalue weighted by Gasteiger charge is 2.13. The first-order valence-corrected chi connectivity index (χ1v) is 9.44. The van der Waals surface area contributed by atoms with E-state index in [9.17, 15) is 9.59 Å². The molecule has 6 heteroatoms. The molecule has 3 aromatic carbocycles. The molecule has 3 rings (SSSR count). The van der Waals surface area contributed by atoms with Crippen LogP contribution in [0, 0.1) is 6.92 Å². The second kappa shape index (κ2) is 9.26. The van der Waals surface area contributed by atoms with E-state index in [1.54, 1.807) is 54.4 Å². The summed E-state index contributed by atoms with van der Waals surface area (Å²) in [6, 6.07) is 21.4. The summed E-state index contributed by atoms with van der Waals surface area (Å²) in [5.41, 5.74) is 2.79. The van der Waals surface area contributed by atoms with Gasteiger partial charge in [0, 0.05) is 29.0 Å². The molecule has 2 amide bonds. The van der Waals surface area contributed by atoms with Gasteiger partial charge in [0.1, 0.15) is 5.75 Å². The van der Waals surface area contributed by atoms with Gasteiger partial charge in [-0.3, -0.25) is 9.59 Å². The van der Waals surface area contributed by atoms with Gasteiger partial charge in [-0.1, -0.05) is 29.8 Å². The second-order valence-electron chi connectivity index (χ2n) is 6.52. The monoisotopic (exact) mass is 408 g/mol. The minimum Gasteiger partial charge on any atom is -0.483 e. The maximum absolute atomic E-state index is 12.6. The van der Waals surface area contributed by atoms with Gasteiger partial charge < -0.3 is 15.0 Å². The van der Waals surface area contributed by atoms with Crippen molar-refractivity contribution in [3.63, 3.8) is 0 Å². The maximum atomic E-state index is 12.6. The summed E-state index contributed by atoms with van der Waals surface area (Å²) in [6.45, 7) is 1.74. The molecule has 5 nitrogen and oxygen atoms in total. The van der Waals surface area contributed by atoms with Crippen LogP contribution in [0.2, 0.25) is 5.02 Å². The number of hydrogen-bond donors (Lipinski definition) is 1. The number of aryl methyl sites for hydroxylation is 1. The second-order valence-corrected chi connectivity index (χ2v) is 6.96. The largest absolute Gasteiger partial charge is 0.483 e. The molecule has 3 aromatic rings. The van der Waals surface area contributed by atoms with E-state index in [4.69, 9.17) is 16.3 Å². The molecule has 0 aliphatic heterocycles. The van der Waals surface area contributed by atoms with Gasteiger partial charge in [-0.25, -0.2) is 0 Å². The van der Waals surface area contributed by atoms with Crippen molar-refractivity contribution in [1.29, 1.82) is 0 Å². The highest BCUT2D eigenvalue weighted by atomic mass is 35.5. The average Bonchev–Trinajstić information content (AvgIpc) is 2.73. The van der Waals surface area contributed by atoms with Crippen LogP contribution < -0.4 is 15.0 Å². The summed E-state index contributed by atoms with van der Waals surface area (Å²) in [6.07, 6.45) is 0. The Balaban J connectivity index is 1.57. The van der Waals surface area contributed by atoms with Crippen molar-refractivity contribution in [3.05, 3.63) is 88.9 Å². The highest BCUT2D eigenvalue weighted by molar-refractivity contribution is 6.30. The molecule has 0 heterocycles. The minimum atomic E-state index is -0.292. The van der Waals surface area contributed by atoms with Crippen LogP contribution in [0.25, 0.3) is 0 Å². The van der Waals surface area contributed by atoms with Gasteiger partial charge in [0.2, 0.25) is 0 Å². The van der Waals surface area contributed by atoms with Crippen LogP contribution in [-0.2, 0) is 4.79 Å². The van der Waals surface area contributed by atoms with E-state index < -0.39 is 0 Å². The number of anilines is 2. The number of para-hydroxylation sites is 1. The van der Waals surface area contributed by atoms with Crippen molar-refractivity contribution in [1.82, 2.24) is 0 Å². The lowest BCUT2D eigenvalue weighted by atomic mass is 10.1. The Hall–Kier alpha value is -3.31. The van der Waals surface area contributed by atoms with E-state index in [1.165, 1.54) is 0 Å². The Labute approximate surface area is 174 Å². The molecule has 1 N–H and O–H groups in total. The molecule has 0 spiro atoms. The molecule has 0 radical (unpaired) electrons. The number of halogens is 1. The SMILES string of the molecule is Cc1cc(Cl)ccc1OCC(=O)Nc1ccc(C(=O)N(C)c2ccccc2)cc1. The molecule has 0 bridgehead atoms. The van der Waals surface area contributed by atoms with E-state index in [0.29, 0.717) is 22.0 Å². The average molecular weight is 409 g/mol. The smallest absolute Gasteiger partial charge is 0.262 e. The van der Waals surface area contributed by atoms with Gasteiger partial charge >= 0.3 is 0 Å². The third-order valence-corrected chi connectivity index (χ3v) is 4.59. The van der Waals surface area contributed by atoms with E-state index in [1.807, 2.05) is 37.3 Å². The van der Waals surface area contributed by atoms with Gasteiger partial charge in [0.05, 0.1) is 0 Å². The van der Waals surface area contributed by atoms with Crippen molar-refractivity contribution < 1.29 is 14.3 Å². The fourth-order valence-electron chi connectivity index (χ4n) is 2.77. The van der Waals surface area contributed by atoms with E-state index in [2.05, 4.69) is 5.32 Å². The molecule has 0 atom stereocenters. The number of nitrogens with one attached hydrogen (secondary N) is 1. The zero-order chi connectivity index (χ0) is 20.8. The zero-order valence-corrected chi connectivity index (χ0v) is 16.9. The van der Waals surface area contributed by atoms with Crippen LogP contribution in [0.1, 0.15) is 15.9 Å². The van der Waals surface area contributed by atoms with Gasteiger partial charge in [0.15, 0.2) is 6.61 Å². The van der Waals surface area contributed by atoms with Crippen LogP contribution in [0.4, 0.5) is 11.4 Å². The Morgan fingerprint density at radius 1 is 1.00 bits per heavy atom. The Bertz CT molecular complexity index is 1000. The number of nitrogens with zero attached hydrogens (tertiary/aromatic N) is 1. The molecule has 0 unspecified atom stereocenters. The molecule has 0 aliphatic rings. The Morgan fingerprint density at radius 2 is 1.69 bits per heavy atom. The fourth-order valence-corrected chi connectivity index (χ4v) is 3.00. The van der Waals surface area contributed by atoms with Gasteiger partial charge in [-0.2, -0.15) is 0 Å². The fraction of sp³-hybridized carbons (Fsp3) is 0.130. The lowest BCUT2D eigenvalue weighted by Gasteiger charge is -2.17. The third-order valence-electron chi connectivity index (χ3n) is 4.36. The lowest BCUT2D eigenvalue weighted by molar-refractivity contribution is -0.118. The molecule has 0 aromatic heterocycles. The number of rotatable bonds is 6. The Morgan fingerprint density at radius 3 is 2.34 bits per heavy atom. The van der Waals surface area contributed by atoms with Crippen molar-refractivity contribution in [2.75, 3.05) is 23.9 Å². The van der Waals surface area contributed by atoms with Gasteiger partial charge in [-0.05, 0) is 67.1 Å². The quantitative estimate of drug-likeness (QED) is 0.628. The van der Waals surface area contributed by atoms with Crippen LogP contribution >= 0.6 is 11.6 Å². The van der Waals surface area contributed by atoms with Gasteiger partial charge in [0.25, 0.3) is 11.8 Å². The Kier molecular flexibility index (Phi) is 6.52. The molecular formula is C23H21ClN2O3. The van der Waals surface area contributed by atoms with E-state index in [0.717, 1.165) is 11.3 Å². The standard InChI is InChI=1S/C23H21ClN2O3/c1-16-14-18(24)10-13-21(16)29-15-22(27)25-19-11-8-17(9-12-19)23(28)26(2)20-6-4-3-5-7-20/h3-14H,15H2,1-2H3,(H,25,27). The number of benzene rings is 3. The summed E-state index contributed by atoms with van der Waals surface area (Å²) in [5.74, 6) is 0.185. The molecule has 29 heavy (non-hydrogen) atoms. The van der Waals surface area contributed by atoms with Crippen molar-refractivity contribution in [3.8, 4) is 5.75 Å². The lowest BCUT2D eigenvalue weighted by Crippen LogP contribution is -2.26. The zero-order valence-electron chi connectivity index (χ0n) is 16.2. The topological polar surface area (TPSA) is 58.6 Å². The summed E-state index contributed by atoms with van der Waals surface area (Å²) < 4.78 is 5.54. The predicted molar refractivity (Wildman–Crippen MR) is 116 cm³/mol. The van der Waals surface area contributed by atoms with Crippen molar-refractivity contribution >= 4 is 34.8 Å². The first kappa shape index (κ1) is 20.4. The normalized spacial score (nSPS) is 10.3. The first-order chi connectivity index (χ1) is 13.9. The molecule has 0 aliphatic carbocycles. The summed E-state index contributed by atoms with van der Waals surface area (Å²) in [4.78, 5) is 26.3. The van der Waals surface area contributed by atoms with E-state index in [-0.39, 0.29) is 18.4 Å². The molecular weight excluding hydrogens is 388 g/mol. The predicted octanol–water partition coefficient (Wildman–Crippen LogP) is 4.94. The van der Waals surface area contributed by atoms with Crippen molar-refractivity contribution in [2.45, 2.75) is 6.92 Å². The number of hydrogen-bond acceptors (Lipinski definition) is 3. The number of amides is 2. The van der Waals surface area contributed by atoms with E-state index >= 15 is 0 Å². The molecule has 0 saturated heterocycles. The summed E-state index contributed by atoms with van der Waals surface area (Å²) in [5, 5.41) is 3.37. The number of carbonyl (C=O) groups excluding carboxylic acids is 2. The number of carbonyl (C=O) groups is 2. The highest BCUT2D eigenvalue weighted by Crippen LogP contribution is 2.22. The maximum Gasteiger partial charge on any atom is 0.262 e. The van der Waals surface area contributed by atoms with Crippen molar-refractivity contribution in [2.24, 2.45) is 0 Å². The van der Waals surface area contributed by atoms with Crippen LogP contribution in [0.3, 0.4) is 0 Å². The molecule has 148 valence electrons.